The van der Waals surface area contributed by atoms with Gasteiger partial charge in [0.05, 0.1) is 17.6 Å². The van der Waals surface area contributed by atoms with Gasteiger partial charge in [-0.25, -0.2) is 0 Å². The second-order valence-electron chi connectivity index (χ2n) is 4.55. The molecule has 112 valence electrons. The maximum atomic E-state index is 6.17. The summed E-state index contributed by atoms with van der Waals surface area (Å²) in [6.45, 7) is 2.97. The molecule has 2 nitrogen and oxygen atoms in total. The van der Waals surface area contributed by atoms with Crippen LogP contribution in [0.1, 0.15) is 24.1 Å². The average molecular weight is 481 g/mol. The Bertz CT molecular complexity index is 636. The normalized spacial score (nSPS) is 12.2. The Morgan fingerprint density at radius 1 is 1.29 bits per heavy atom. The maximum absolute atomic E-state index is 6.17. The minimum atomic E-state index is 0.0998. The molecule has 0 aliphatic carbocycles. The quantitative estimate of drug-likeness (QED) is 0.578. The summed E-state index contributed by atoms with van der Waals surface area (Å²) in [5.41, 5.74) is 2.35. The molecule has 21 heavy (non-hydrogen) atoms. The van der Waals surface area contributed by atoms with Crippen LogP contribution in [0.25, 0.3) is 0 Å². The summed E-state index contributed by atoms with van der Waals surface area (Å²) in [6.07, 6.45) is 0. The number of rotatable bonds is 5. The molecular formula is C16H16BrClINO. The highest BCUT2D eigenvalue weighted by Crippen LogP contribution is 2.33. The van der Waals surface area contributed by atoms with Crippen LogP contribution in [0.3, 0.4) is 0 Å². The Kier molecular flexibility index (Phi) is 6.34. The molecule has 0 fully saturated rings. The van der Waals surface area contributed by atoms with Crippen LogP contribution in [0.4, 0.5) is 0 Å². The summed E-state index contributed by atoms with van der Waals surface area (Å²) in [4.78, 5) is 0. The number of benzene rings is 2. The number of nitrogens with one attached hydrogen (secondary N) is 1. The molecule has 0 radical (unpaired) electrons. The molecule has 0 bridgehead atoms. The summed E-state index contributed by atoms with van der Waals surface area (Å²) < 4.78 is 7.43. The Labute approximate surface area is 152 Å². The fraction of sp³-hybridized carbons (Fsp3) is 0.250. The van der Waals surface area contributed by atoms with Gasteiger partial charge in [-0.1, -0.05) is 24.6 Å². The summed E-state index contributed by atoms with van der Waals surface area (Å²) in [5, 5.41) is 4.27. The van der Waals surface area contributed by atoms with E-state index in [1.165, 1.54) is 14.7 Å². The lowest BCUT2D eigenvalue weighted by atomic mass is 9.98. The van der Waals surface area contributed by atoms with Gasteiger partial charge in [0.1, 0.15) is 5.75 Å². The zero-order chi connectivity index (χ0) is 15.4. The molecule has 0 spiro atoms. The van der Waals surface area contributed by atoms with Crippen molar-refractivity contribution in [1.29, 1.82) is 0 Å². The largest absolute Gasteiger partial charge is 0.496 e. The molecule has 1 unspecified atom stereocenters. The molecule has 0 saturated heterocycles. The smallest absolute Gasteiger partial charge is 0.133 e. The van der Waals surface area contributed by atoms with Crippen molar-refractivity contribution < 1.29 is 4.74 Å². The molecule has 2 aromatic carbocycles. The predicted molar refractivity (Wildman–Crippen MR) is 100 cm³/mol. The fourth-order valence-electron chi connectivity index (χ4n) is 2.21. The van der Waals surface area contributed by atoms with Gasteiger partial charge < -0.3 is 10.1 Å². The first-order chi connectivity index (χ1) is 10.1. The first kappa shape index (κ1) is 17.1. The maximum Gasteiger partial charge on any atom is 0.133 e. The first-order valence-electron chi connectivity index (χ1n) is 6.58. The van der Waals surface area contributed by atoms with Crippen molar-refractivity contribution in [2.75, 3.05) is 13.7 Å². The molecule has 0 saturated carbocycles. The van der Waals surface area contributed by atoms with Crippen LogP contribution in [0, 0.1) is 3.57 Å². The second kappa shape index (κ2) is 7.81. The molecule has 0 aliphatic rings. The lowest BCUT2D eigenvalue weighted by Gasteiger charge is -2.21. The number of halogens is 3. The van der Waals surface area contributed by atoms with Crippen LogP contribution in [0.5, 0.6) is 5.75 Å². The van der Waals surface area contributed by atoms with Crippen LogP contribution in [0.2, 0.25) is 5.02 Å². The van der Waals surface area contributed by atoms with Gasteiger partial charge >= 0.3 is 0 Å². The molecule has 0 heterocycles. The van der Waals surface area contributed by atoms with Gasteiger partial charge in [-0.15, -0.1) is 0 Å². The molecule has 0 amide bonds. The minimum Gasteiger partial charge on any atom is -0.496 e. The van der Waals surface area contributed by atoms with E-state index in [9.17, 15) is 0 Å². The number of hydrogen-bond acceptors (Lipinski definition) is 2. The summed E-state index contributed by atoms with van der Waals surface area (Å²) in [5.74, 6) is 0.829. The highest BCUT2D eigenvalue weighted by molar-refractivity contribution is 14.1. The molecular weight excluding hydrogens is 464 g/mol. The van der Waals surface area contributed by atoms with Gasteiger partial charge in [-0.2, -0.15) is 0 Å². The third-order valence-corrected chi connectivity index (χ3v) is 5.02. The van der Waals surface area contributed by atoms with Crippen molar-refractivity contribution in [2.45, 2.75) is 13.0 Å². The average Bonchev–Trinajstić information content (AvgIpc) is 2.47. The van der Waals surface area contributed by atoms with Gasteiger partial charge in [-0.05, 0) is 86.5 Å². The molecule has 2 aromatic rings. The Morgan fingerprint density at radius 2 is 2.05 bits per heavy atom. The van der Waals surface area contributed by atoms with E-state index >= 15 is 0 Å². The van der Waals surface area contributed by atoms with E-state index in [0.717, 1.165) is 21.8 Å². The second-order valence-corrected chi connectivity index (χ2v) is 7.00. The number of ether oxygens (including phenoxy) is 1. The van der Waals surface area contributed by atoms with E-state index in [4.69, 9.17) is 16.3 Å². The van der Waals surface area contributed by atoms with Crippen molar-refractivity contribution in [3.05, 3.63) is 60.6 Å². The van der Waals surface area contributed by atoms with Crippen molar-refractivity contribution in [2.24, 2.45) is 0 Å². The van der Waals surface area contributed by atoms with Gasteiger partial charge in [0.2, 0.25) is 0 Å². The van der Waals surface area contributed by atoms with E-state index in [1.54, 1.807) is 7.11 Å². The molecule has 1 atom stereocenters. The third-order valence-electron chi connectivity index (χ3n) is 3.19. The Hall–Kier alpha value is -0.300. The van der Waals surface area contributed by atoms with Crippen LogP contribution < -0.4 is 10.1 Å². The van der Waals surface area contributed by atoms with Gasteiger partial charge in [0, 0.05) is 8.59 Å². The molecule has 2 rings (SSSR count). The van der Waals surface area contributed by atoms with Crippen LogP contribution >= 0.6 is 50.1 Å². The molecule has 1 N–H and O–H groups in total. The molecule has 0 aliphatic heterocycles. The van der Waals surface area contributed by atoms with Crippen LogP contribution in [-0.2, 0) is 0 Å². The van der Waals surface area contributed by atoms with Crippen LogP contribution in [0.15, 0.2) is 40.9 Å². The Morgan fingerprint density at radius 3 is 2.67 bits per heavy atom. The fourth-order valence-corrected chi connectivity index (χ4v) is 3.60. The van der Waals surface area contributed by atoms with Crippen molar-refractivity contribution >= 4 is 50.1 Å². The van der Waals surface area contributed by atoms with Gasteiger partial charge in [0.15, 0.2) is 0 Å². The van der Waals surface area contributed by atoms with Crippen molar-refractivity contribution in [1.82, 2.24) is 5.32 Å². The van der Waals surface area contributed by atoms with E-state index in [2.05, 4.69) is 62.9 Å². The van der Waals surface area contributed by atoms with E-state index in [1.807, 2.05) is 24.3 Å². The zero-order valence-electron chi connectivity index (χ0n) is 11.8. The van der Waals surface area contributed by atoms with Gasteiger partial charge in [-0.3, -0.25) is 0 Å². The van der Waals surface area contributed by atoms with Crippen molar-refractivity contribution in [3.63, 3.8) is 0 Å². The highest BCUT2D eigenvalue weighted by atomic mass is 127. The van der Waals surface area contributed by atoms with E-state index in [0.29, 0.717) is 0 Å². The standard InChI is InChI=1S/C16H16BrClINO/c1-3-20-16(12-9-11(18)5-6-14(12)19)10-4-7-15(21-2)13(17)8-10/h4-9,16,20H,3H2,1-2H3. The van der Waals surface area contributed by atoms with Gasteiger partial charge in [0.25, 0.3) is 0 Å². The topological polar surface area (TPSA) is 21.3 Å². The summed E-state index contributed by atoms with van der Waals surface area (Å²) in [6, 6.07) is 12.2. The SMILES string of the molecule is CCNC(c1ccc(OC)c(Br)c1)c1cc(Cl)ccc1I. The molecule has 0 aromatic heterocycles. The van der Waals surface area contributed by atoms with Crippen molar-refractivity contribution in [3.8, 4) is 5.75 Å². The summed E-state index contributed by atoms with van der Waals surface area (Å²) >= 11 is 12.1. The van der Waals surface area contributed by atoms with Crippen LogP contribution in [-0.4, -0.2) is 13.7 Å². The third kappa shape index (κ3) is 4.12. The number of methoxy groups -OCH3 is 1. The molecule has 5 heteroatoms. The predicted octanol–water partition coefficient (Wildman–Crippen LogP) is 5.41. The lowest BCUT2D eigenvalue weighted by Crippen LogP contribution is -2.22. The summed E-state index contributed by atoms with van der Waals surface area (Å²) in [7, 11) is 1.67. The zero-order valence-corrected chi connectivity index (χ0v) is 16.3. The monoisotopic (exact) mass is 479 g/mol. The lowest BCUT2D eigenvalue weighted by molar-refractivity contribution is 0.412. The van der Waals surface area contributed by atoms with E-state index < -0.39 is 0 Å². The highest BCUT2D eigenvalue weighted by Gasteiger charge is 2.17. The van der Waals surface area contributed by atoms with E-state index in [-0.39, 0.29) is 6.04 Å². The number of hydrogen-bond donors (Lipinski definition) is 1. The Balaban J connectivity index is 2.48. The first-order valence-corrected chi connectivity index (χ1v) is 8.83. The minimum absolute atomic E-state index is 0.0998.